The maximum atomic E-state index is 11.7. The highest BCUT2D eigenvalue weighted by Crippen LogP contribution is 2.07. The van der Waals surface area contributed by atoms with Crippen LogP contribution in [0, 0.1) is 10.1 Å². The van der Waals surface area contributed by atoms with Crippen LogP contribution in [0.3, 0.4) is 0 Å². The molecule has 18 heavy (non-hydrogen) atoms. The molecular formula is C10H16N4O4. The van der Waals surface area contributed by atoms with Crippen molar-refractivity contribution in [3.8, 4) is 0 Å². The summed E-state index contributed by atoms with van der Waals surface area (Å²) >= 11 is 0. The summed E-state index contributed by atoms with van der Waals surface area (Å²) in [6.45, 7) is 2.03. The van der Waals surface area contributed by atoms with Crippen LogP contribution in [0.5, 0.6) is 0 Å². The minimum absolute atomic E-state index is 0.0514. The molecule has 100 valence electrons. The van der Waals surface area contributed by atoms with E-state index in [9.17, 15) is 14.9 Å². The van der Waals surface area contributed by atoms with Crippen molar-refractivity contribution in [2.75, 3.05) is 13.6 Å². The van der Waals surface area contributed by atoms with Crippen LogP contribution < -0.4 is 0 Å². The highest BCUT2D eigenvalue weighted by molar-refractivity contribution is 5.75. The van der Waals surface area contributed by atoms with Crippen molar-refractivity contribution in [3.05, 3.63) is 22.5 Å². The Morgan fingerprint density at radius 1 is 1.72 bits per heavy atom. The number of nitro groups is 1. The molecule has 0 aliphatic heterocycles. The first-order valence-corrected chi connectivity index (χ1v) is 5.49. The van der Waals surface area contributed by atoms with Crippen LogP contribution in [-0.4, -0.2) is 50.3 Å². The molecule has 0 aromatic carbocycles. The minimum Gasteiger partial charge on any atom is -0.393 e. The van der Waals surface area contributed by atoms with E-state index in [1.165, 1.54) is 15.8 Å². The Morgan fingerprint density at radius 3 is 2.89 bits per heavy atom. The number of hydrogen-bond acceptors (Lipinski definition) is 5. The first kappa shape index (κ1) is 14.1. The quantitative estimate of drug-likeness (QED) is 0.571. The monoisotopic (exact) mass is 256 g/mol. The molecule has 8 nitrogen and oxygen atoms in total. The van der Waals surface area contributed by atoms with E-state index in [-0.39, 0.29) is 18.1 Å². The molecule has 0 fully saturated rings. The lowest BCUT2D eigenvalue weighted by Crippen LogP contribution is -2.32. The summed E-state index contributed by atoms with van der Waals surface area (Å²) in [7, 11) is 1.61. The highest BCUT2D eigenvalue weighted by atomic mass is 16.6. The molecule has 1 unspecified atom stereocenters. The molecule has 0 radical (unpaired) electrons. The molecule has 1 amide bonds. The highest BCUT2D eigenvalue weighted by Gasteiger charge is 2.14. The molecular weight excluding hydrogens is 240 g/mol. The van der Waals surface area contributed by atoms with Gasteiger partial charge in [0.2, 0.25) is 5.91 Å². The van der Waals surface area contributed by atoms with E-state index < -0.39 is 11.0 Å². The maximum absolute atomic E-state index is 11.7. The van der Waals surface area contributed by atoms with Crippen LogP contribution >= 0.6 is 0 Å². The average molecular weight is 256 g/mol. The van der Waals surface area contributed by atoms with E-state index in [0.29, 0.717) is 13.0 Å². The number of carbonyl (C=O) groups is 1. The van der Waals surface area contributed by atoms with E-state index in [2.05, 4.69) is 5.10 Å². The Hall–Kier alpha value is -1.96. The van der Waals surface area contributed by atoms with Gasteiger partial charge in [-0.3, -0.25) is 19.6 Å². The Bertz CT molecular complexity index is 429. The zero-order valence-electron chi connectivity index (χ0n) is 10.3. The van der Waals surface area contributed by atoms with E-state index in [0.717, 1.165) is 6.20 Å². The number of amides is 1. The van der Waals surface area contributed by atoms with Gasteiger partial charge in [0.15, 0.2) is 0 Å². The van der Waals surface area contributed by atoms with Gasteiger partial charge in [0, 0.05) is 13.6 Å². The number of aliphatic hydroxyl groups excluding tert-OH is 1. The summed E-state index contributed by atoms with van der Waals surface area (Å²) in [6.07, 6.45) is 2.33. The predicted octanol–water partition coefficient (Wildman–Crippen LogP) is 0.0206. The number of rotatable bonds is 6. The second-order valence-electron chi connectivity index (χ2n) is 4.11. The number of nitrogens with zero attached hydrogens (tertiary/aromatic N) is 4. The third kappa shape index (κ3) is 4.13. The average Bonchev–Trinajstić information content (AvgIpc) is 2.74. The summed E-state index contributed by atoms with van der Waals surface area (Å²) < 4.78 is 1.22. The van der Waals surface area contributed by atoms with Crippen LogP contribution in [-0.2, 0) is 11.3 Å². The molecule has 1 atom stereocenters. The lowest BCUT2D eigenvalue weighted by atomic mass is 10.3. The standard InChI is InChI=1S/C10H16N4O4/c1-8(15)3-4-12(2)10(16)7-13-6-9(5-11-13)14(17)18/h5-6,8,15H,3-4,7H2,1-2H3. The Kier molecular flexibility index (Phi) is 4.78. The molecule has 0 bridgehead atoms. The van der Waals surface area contributed by atoms with Crippen LogP contribution in [0.25, 0.3) is 0 Å². The fraction of sp³-hybridized carbons (Fsp3) is 0.600. The first-order chi connectivity index (χ1) is 8.40. The fourth-order valence-electron chi connectivity index (χ4n) is 1.30. The van der Waals surface area contributed by atoms with Gasteiger partial charge in [-0.2, -0.15) is 5.10 Å². The third-order valence-corrected chi connectivity index (χ3v) is 2.44. The van der Waals surface area contributed by atoms with Crippen LogP contribution in [0.1, 0.15) is 13.3 Å². The van der Waals surface area contributed by atoms with E-state index in [1.807, 2.05) is 0 Å². The van der Waals surface area contributed by atoms with E-state index >= 15 is 0 Å². The molecule has 0 spiro atoms. The number of carbonyl (C=O) groups excluding carboxylic acids is 1. The number of aliphatic hydroxyl groups is 1. The molecule has 1 aromatic heterocycles. The van der Waals surface area contributed by atoms with Gasteiger partial charge in [-0.05, 0) is 13.3 Å². The van der Waals surface area contributed by atoms with Crippen LogP contribution in [0.2, 0.25) is 0 Å². The zero-order valence-corrected chi connectivity index (χ0v) is 10.3. The molecule has 1 rings (SSSR count). The van der Waals surface area contributed by atoms with Gasteiger partial charge in [-0.25, -0.2) is 0 Å². The van der Waals surface area contributed by atoms with Gasteiger partial charge in [-0.1, -0.05) is 0 Å². The van der Waals surface area contributed by atoms with Gasteiger partial charge in [-0.15, -0.1) is 0 Å². The SMILES string of the molecule is CC(O)CCN(C)C(=O)Cn1cc([N+](=O)[O-])cn1. The predicted molar refractivity (Wildman–Crippen MR) is 62.8 cm³/mol. The minimum atomic E-state index is -0.564. The number of hydrogen-bond donors (Lipinski definition) is 1. The lowest BCUT2D eigenvalue weighted by molar-refractivity contribution is -0.385. The zero-order chi connectivity index (χ0) is 13.7. The van der Waals surface area contributed by atoms with Gasteiger partial charge in [0.1, 0.15) is 18.9 Å². The van der Waals surface area contributed by atoms with Crippen molar-refractivity contribution in [2.45, 2.75) is 26.0 Å². The molecule has 1 aromatic rings. The van der Waals surface area contributed by atoms with Crippen molar-refractivity contribution in [2.24, 2.45) is 0 Å². The Labute approximate surface area is 104 Å². The van der Waals surface area contributed by atoms with Crippen LogP contribution in [0.4, 0.5) is 5.69 Å². The normalized spacial score (nSPS) is 12.2. The number of aromatic nitrogens is 2. The van der Waals surface area contributed by atoms with Crippen molar-refractivity contribution in [3.63, 3.8) is 0 Å². The van der Waals surface area contributed by atoms with Gasteiger partial charge >= 0.3 is 5.69 Å². The summed E-state index contributed by atoms with van der Waals surface area (Å²) in [4.78, 5) is 23.1. The molecule has 0 saturated carbocycles. The summed E-state index contributed by atoms with van der Waals surface area (Å²) in [5, 5.41) is 23.3. The Balaban J connectivity index is 2.50. The summed E-state index contributed by atoms with van der Waals surface area (Å²) in [5.41, 5.74) is -0.144. The van der Waals surface area contributed by atoms with Crippen molar-refractivity contribution in [1.82, 2.24) is 14.7 Å². The largest absolute Gasteiger partial charge is 0.393 e. The Morgan fingerprint density at radius 2 is 2.39 bits per heavy atom. The number of likely N-dealkylation sites (N-methyl/N-ethyl adjacent to an activating group) is 1. The molecule has 0 saturated heterocycles. The van der Waals surface area contributed by atoms with Gasteiger partial charge < -0.3 is 10.0 Å². The third-order valence-electron chi connectivity index (χ3n) is 2.44. The molecule has 1 N–H and O–H groups in total. The maximum Gasteiger partial charge on any atom is 0.307 e. The van der Waals surface area contributed by atoms with Gasteiger partial charge in [0.25, 0.3) is 0 Å². The second kappa shape index (κ2) is 6.10. The van der Waals surface area contributed by atoms with Crippen molar-refractivity contribution < 1.29 is 14.8 Å². The molecule has 0 aliphatic rings. The van der Waals surface area contributed by atoms with Crippen molar-refractivity contribution >= 4 is 11.6 Å². The fourth-order valence-corrected chi connectivity index (χ4v) is 1.30. The van der Waals surface area contributed by atoms with E-state index in [1.54, 1.807) is 14.0 Å². The molecule has 0 aliphatic carbocycles. The summed E-state index contributed by atoms with van der Waals surface area (Å²) in [5.74, 6) is -0.214. The van der Waals surface area contributed by atoms with Crippen molar-refractivity contribution in [1.29, 1.82) is 0 Å². The molecule has 1 heterocycles. The molecule has 8 heteroatoms. The first-order valence-electron chi connectivity index (χ1n) is 5.49. The smallest absolute Gasteiger partial charge is 0.307 e. The summed E-state index contributed by atoms with van der Waals surface area (Å²) in [6, 6.07) is 0. The van der Waals surface area contributed by atoms with Crippen LogP contribution in [0.15, 0.2) is 12.4 Å². The lowest BCUT2D eigenvalue weighted by Gasteiger charge is -2.17. The van der Waals surface area contributed by atoms with E-state index in [4.69, 9.17) is 5.11 Å². The second-order valence-corrected chi connectivity index (χ2v) is 4.11. The van der Waals surface area contributed by atoms with Gasteiger partial charge in [0.05, 0.1) is 11.0 Å². The topological polar surface area (TPSA) is 102 Å².